The summed E-state index contributed by atoms with van der Waals surface area (Å²) in [4.78, 5) is 59.3. The summed E-state index contributed by atoms with van der Waals surface area (Å²) in [7, 11) is 0. The molecule has 2 aliphatic rings. The highest BCUT2D eigenvalue weighted by molar-refractivity contribution is 7.17. The minimum atomic E-state index is -0.549. The number of morpholine rings is 1. The molecule has 2 heterocycles. The molecule has 1 aliphatic heterocycles. The smallest absolute Gasteiger partial charge is 0.258 e. The zero-order valence-corrected chi connectivity index (χ0v) is 33.2. The molecule has 1 saturated heterocycles. The molecule has 0 bridgehead atoms. The molecule has 5 rings (SSSR count). The molecule has 1 aromatic heterocycles. The lowest BCUT2D eigenvalue weighted by Gasteiger charge is -2.32. The third kappa shape index (κ3) is 10.6. The van der Waals surface area contributed by atoms with Crippen molar-refractivity contribution in [2.75, 3.05) is 43.5 Å². The molecule has 9 nitrogen and oxygen atoms in total. The van der Waals surface area contributed by atoms with Crippen molar-refractivity contribution in [2.45, 2.75) is 111 Å². The van der Waals surface area contributed by atoms with Crippen molar-refractivity contribution in [2.24, 2.45) is 5.41 Å². The molecule has 0 atom stereocenters. The maximum Gasteiger partial charge on any atom is 0.258 e. The number of nitrogens with zero attached hydrogens (tertiary/aromatic N) is 2. The van der Waals surface area contributed by atoms with Crippen LogP contribution in [0.2, 0.25) is 0 Å². The van der Waals surface area contributed by atoms with Crippen molar-refractivity contribution in [1.82, 2.24) is 9.80 Å². The number of hydrogen-bond acceptors (Lipinski definition) is 7. The van der Waals surface area contributed by atoms with Crippen molar-refractivity contribution in [3.8, 4) is 0 Å². The predicted molar refractivity (Wildman–Crippen MR) is 214 cm³/mol. The van der Waals surface area contributed by atoms with E-state index in [1.165, 1.54) is 16.9 Å². The Labute approximate surface area is 319 Å². The summed E-state index contributed by atoms with van der Waals surface area (Å²) in [5.41, 5.74) is 4.32. The van der Waals surface area contributed by atoms with Crippen LogP contribution in [0.4, 0.5) is 10.7 Å². The number of fused-ring (bicyclic) bond motifs is 1. The Bertz CT molecular complexity index is 1720. The summed E-state index contributed by atoms with van der Waals surface area (Å²) in [6.45, 7) is 14.7. The van der Waals surface area contributed by atoms with Crippen LogP contribution in [0.15, 0.2) is 48.5 Å². The lowest BCUT2D eigenvalue weighted by Crippen LogP contribution is -2.40. The average Bonchev–Trinajstić information content (AvgIpc) is 3.54. The van der Waals surface area contributed by atoms with E-state index in [0.717, 1.165) is 99.5 Å². The number of anilines is 2. The fraction of sp³-hybridized carbons (Fsp3) is 0.535. The van der Waals surface area contributed by atoms with Gasteiger partial charge in [-0.3, -0.25) is 24.1 Å². The van der Waals surface area contributed by atoms with Gasteiger partial charge >= 0.3 is 0 Å². The zero-order chi connectivity index (χ0) is 38.0. The number of carbonyl (C=O) groups excluding carboxylic acids is 4. The van der Waals surface area contributed by atoms with Gasteiger partial charge in [-0.05, 0) is 92.3 Å². The topological polar surface area (TPSA) is 108 Å². The van der Waals surface area contributed by atoms with Crippen molar-refractivity contribution in [1.29, 1.82) is 0 Å². The second-order valence-electron chi connectivity index (χ2n) is 15.1. The summed E-state index contributed by atoms with van der Waals surface area (Å²) < 4.78 is 5.46. The molecule has 0 radical (unpaired) electrons. The van der Waals surface area contributed by atoms with Gasteiger partial charge in [-0.25, -0.2) is 0 Å². The molecule has 10 heteroatoms. The first-order valence-electron chi connectivity index (χ1n) is 19.6. The summed E-state index contributed by atoms with van der Waals surface area (Å²) in [6.07, 6.45) is 7.59. The van der Waals surface area contributed by atoms with E-state index in [0.29, 0.717) is 41.9 Å². The Morgan fingerprint density at radius 1 is 0.906 bits per heavy atom. The number of ketones is 1. The third-order valence-corrected chi connectivity index (χ3v) is 12.2. The summed E-state index contributed by atoms with van der Waals surface area (Å²) in [5, 5.41) is 6.78. The van der Waals surface area contributed by atoms with Crippen LogP contribution in [0.25, 0.3) is 0 Å². The second kappa shape index (κ2) is 18.9. The first kappa shape index (κ1) is 40.3. The van der Waals surface area contributed by atoms with Crippen molar-refractivity contribution < 1.29 is 23.9 Å². The minimum Gasteiger partial charge on any atom is -0.379 e. The van der Waals surface area contributed by atoms with Crippen LogP contribution in [0.1, 0.15) is 122 Å². The van der Waals surface area contributed by atoms with Crippen LogP contribution >= 0.6 is 11.3 Å². The molecule has 0 unspecified atom stereocenters. The summed E-state index contributed by atoms with van der Waals surface area (Å²) >= 11 is 1.50. The Kier molecular flexibility index (Phi) is 14.4. The second-order valence-corrected chi connectivity index (χ2v) is 16.2. The number of hydrogen-bond donors (Lipinski definition) is 2. The van der Waals surface area contributed by atoms with Crippen LogP contribution in [-0.4, -0.2) is 72.2 Å². The van der Waals surface area contributed by atoms with E-state index in [1.807, 2.05) is 56.0 Å². The molecular formula is C43H58N4O5S. The maximum absolute atomic E-state index is 13.9. The fourth-order valence-electron chi connectivity index (χ4n) is 7.47. The number of thiophene rings is 1. The lowest BCUT2D eigenvalue weighted by molar-refractivity contribution is -0.136. The number of aryl methyl sites for hydroxylation is 1. The monoisotopic (exact) mass is 742 g/mol. The maximum atomic E-state index is 13.9. The van der Waals surface area contributed by atoms with Crippen LogP contribution < -0.4 is 10.6 Å². The summed E-state index contributed by atoms with van der Waals surface area (Å²) in [5.74, 6) is -0.315. The molecule has 3 amide bonds. The molecule has 1 aliphatic carbocycles. The number of ether oxygens (including phenoxy) is 1. The molecule has 0 spiro atoms. The first-order valence-corrected chi connectivity index (χ1v) is 20.4. The third-order valence-electron chi connectivity index (χ3n) is 10.9. The number of amides is 3. The highest BCUT2D eigenvalue weighted by atomic mass is 32.1. The summed E-state index contributed by atoms with van der Waals surface area (Å²) in [6, 6.07) is 15.5. The van der Waals surface area contributed by atoms with E-state index < -0.39 is 5.41 Å². The van der Waals surface area contributed by atoms with Gasteiger partial charge in [-0.15, -0.1) is 11.3 Å². The molecule has 0 saturated carbocycles. The van der Waals surface area contributed by atoms with Crippen LogP contribution in [-0.2, 0) is 40.1 Å². The van der Waals surface area contributed by atoms with Gasteiger partial charge in [0, 0.05) is 66.6 Å². The Morgan fingerprint density at radius 2 is 1.62 bits per heavy atom. The zero-order valence-electron chi connectivity index (χ0n) is 32.4. The fourth-order valence-corrected chi connectivity index (χ4v) is 8.75. The number of carbonyl (C=O) groups is 4. The molecule has 53 heavy (non-hydrogen) atoms. The molecule has 3 aromatic rings. The average molecular weight is 743 g/mol. The number of Topliss-reactive ketones (excluding diaryl/α,β-unsaturated/α-hetero) is 1. The van der Waals surface area contributed by atoms with E-state index in [-0.39, 0.29) is 29.5 Å². The van der Waals surface area contributed by atoms with Crippen molar-refractivity contribution in [3.63, 3.8) is 0 Å². The van der Waals surface area contributed by atoms with E-state index in [1.54, 1.807) is 6.07 Å². The molecule has 1 fully saturated rings. The number of benzene rings is 2. The quantitative estimate of drug-likeness (QED) is 0.144. The largest absolute Gasteiger partial charge is 0.379 e. The molecular weight excluding hydrogens is 685 g/mol. The van der Waals surface area contributed by atoms with E-state index in [2.05, 4.69) is 41.5 Å². The van der Waals surface area contributed by atoms with Gasteiger partial charge in [0.15, 0.2) is 0 Å². The predicted octanol–water partition coefficient (Wildman–Crippen LogP) is 8.31. The normalized spacial score (nSPS) is 14.8. The Hall–Kier alpha value is -3.86. The number of rotatable bonds is 17. The van der Waals surface area contributed by atoms with Crippen LogP contribution in [0.5, 0.6) is 0 Å². The SMILES string of the molecule is CCC(=O)C(C)(C)CCC(=O)N(Cc1cccc(C(=O)Nc2sc3c(c2C(=O)Nc2ccc(CCN4CCOCC4)cc2)CCCC3)c1)C(CC)CC. The van der Waals surface area contributed by atoms with Gasteiger partial charge in [0.05, 0.1) is 18.8 Å². The van der Waals surface area contributed by atoms with Gasteiger partial charge in [0.1, 0.15) is 10.8 Å². The Morgan fingerprint density at radius 3 is 2.32 bits per heavy atom. The standard InChI is InChI=1S/C43H58N4O5S/c1-6-34(7-2)47(38(49)20-22-43(4,5)37(48)8-3)29-31-12-11-13-32(28-31)40(50)45-42-39(35-14-9-10-15-36(35)53-42)41(51)44-33-18-16-30(17-19-33)21-23-46-24-26-52-27-25-46/h11-13,16-19,28,34H,6-10,14-15,20-27,29H2,1-5H3,(H,44,51)(H,45,50). The number of nitrogens with one attached hydrogen (secondary N) is 2. The van der Waals surface area contributed by atoms with Crippen molar-refractivity contribution >= 4 is 45.5 Å². The van der Waals surface area contributed by atoms with Crippen molar-refractivity contribution in [3.05, 3.63) is 81.2 Å². The Balaban J connectivity index is 1.28. The molecule has 2 N–H and O–H groups in total. The van der Waals surface area contributed by atoms with E-state index in [9.17, 15) is 19.2 Å². The van der Waals surface area contributed by atoms with Crippen LogP contribution in [0, 0.1) is 5.41 Å². The van der Waals surface area contributed by atoms with Gasteiger partial charge in [-0.2, -0.15) is 0 Å². The lowest BCUT2D eigenvalue weighted by atomic mass is 9.82. The molecule has 286 valence electrons. The van der Waals surface area contributed by atoms with Gasteiger partial charge in [0.25, 0.3) is 11.8 Å². The van der Waals surface area contributed by atoms with Gasteiger partial charge in [0.2, 0.25) is 5.91 Å². The minimum absolute atomic E-state index is 0.0213. The van der Waals surface area contributed by atoms with Crippen LogP contribution in [0.3, 0.4) is 0 Å². The van der Waals surface area contributed by atoms with E-state index in [4.69, 9.17) is 4.74 Å². The highest BCUT2D eigenvalue weighted by Gasteiger charge is 2.30. The van der Waals surface area contributed by atoms with Gasteiger partial charge in [-0.1, -0.05) is 58.9 Å². The first-order chi connectivity index (χ1) is 25.5. The molecule has 2 aromatic carbocycles. The van der Waals surface area contributed by atoms with E-state index >= 15 is 0 Å². The van der Waals surface area contributed by atoms with Gasteiger partial charge < -0.3 is 20.3 Å². The highest BCUT2D eigenvalue weighted by Crippen LogP contribution is 2.39.